The Bertz CT molecular complexity index is 363. The number of quaternary nitrogens is 2. The van der Waals surface area contributed by atoms with Crippen LogP contribution < -0.4 is 9.80 Å². The van der Waals surface area contributed by atoms with E-state index in [2.05, 4.69) is 45.0 Å². The molecule has 0 aliphatic carbocycles. The lowest BCUT2D eigenvalue weighted by molar-refractivity contribution is -1.03. The van der Waals surface area contributed by atoms with Gasteiger partial charge < -0.3 is 9.80 Å². The number of hydrogen-bond donors (Lipinski definition) is 2. The first-order valence-corrected chi connectivity index (χ1v) is 7.98. The van der Waals surface area contributed by atoms with Crippen LogP contribution in [0.5, 0.6) is 0 Å². The van der Waals surface area contributed by atoms with E-state index < -0.39 is 0 Å². The molecule has 1 aliphatic heterocycles. The summed E-state index contributed by atoms with van der Waals surface area (Å²) in [6.07, 6.45) is 2.45. The standard InChI is InChI=1S/C17H28N2/c1-4-15(3)19-12-10-18(11-13-19)14-17-8-6-16(5-2)7-9-17/h6-9,15H,4-5,10-14H2,1-3H3/p+2/t15-/m0/s1. The molecule has 1 atom stereocenters. The maximum Gasteiger partial charge on any atom is 0.127 e. The van der Waals surface area contributed by atoms with Crippen LogP contribution in [0.15, 0.2) is 24.3 Å². The van der Waals surface area contributed by atoms with Gasteiger partial charge in [0.2, 0.25) is 0 Å². The molecule has 1 fully saturated rings. The molecule has 0 unspecified atom stereocenters. The monoisotopic (exact) mass is 262 g/mol. The minimum atomic E-state index is 0.838. The van der Waals surface area contributed by atoms with Gasteiger partial charge in [-0.05, 0) is 25.3 Å². The van der Waals surface area contributed by atoms with Crippen molar-refractivity contribution in [1.82, 2.24) is 0 Å². The van der Waals surface area contributed by atoms with Crippen molar-refractivity contribution in [3.05, 3.63) is 35.4 Å². The normalized spacial score (nSPS) is 25.2. The molecule has 2 heteroatoms. The van der Waals surface area contributed by atoms with Crippen LogP contribution in [0.4, 0.5) is 0 Å². The molecule has 106 valence electrons. The number of rotatable bonds is 5. The van der Waals surface area contributed by atoms with Gasteiger partial charge in [-0.1, -0.05) is 38.1 Å². The zero-order valence-electron chi connectivity index (χ0n) is 12.8. The highest BCUT2D eigenvalue weighted by Crippen LogP contribution is 2.03. The van der Waals surface area contributed by atoms with Crippen LogP contribution in [0.3, 0.4) is 0 Å². The van der Waals surface area contributed by atoms with Crippen molar-refractivity contribution >= 4 is 0 Å². The lowest BCUT2D eigenvalue weighted by Gasteiger charge is -2.33. The molecule has 0 radical (unpaired) electrons. The Kier molecular flexibility index (Phi) is 5.41. The molecule has 2 nitrogen and oxygen atoms in total. The molecule has 0 saturated carbocycles. The number of nitrogens with one attached hydrogen (secondary N) is 2. The van der Waals surface area contributed by atoms with Crippen molar-refractivity contribution in [2.75, 3.05) is 26.2 Å². The van der Waals surface area contributed by atoms with E-state index >= 15 is 0 Å². The Labute approximate surface area is 118 Å². The molecule has 2 rings (SSSR count). The summed E-state index contributed by atoms with van der Waals surface area (Å²) in [6, 6.07) is 10.1. The van der Waals surface area contributed by atoms with Crippen molar-refractivity contribution in [1.29, 1.82) is 0 Å². The van der Waals surface area contributed by atoms with Crippen molar-refractivity contribution in [3.63, 3.8) is 0 Å². The molecule has 0 amide bonds. The highest BCUT2D eigenvalue weighted by molar-refractivity contribution is 5.21. The fraction of sp³-hybridized carbons (Fsp3) is 0.647. The van der Waals surface area contributed by atoms with Gasteiger partial charge in [0.25, 0.3) is 0 Å². The van der Waals surface area contributed by atoms with Crippen LogP contribution in [0.1, 0.15) is 38.3 Å². The molecule has 1 heterocycles. The molecule has 0 aromatic heterocycles. The lowest BCUT2D eigenvalue weighted by atomic mass is 10.1. The van der Waals surface area contributed by atoms with E-state index in [9.17, 15) is 0 Å². The molecule has 1 aromatic carbocycles. The third-order valence-electron chi connectivity index (χ3n) is 4.79. The smallest absolute Gasteiger partial charge is 0.127 e. The van der Waals surface area contributed by atoms with E-state index in [1.807, 2.05) is 4.90 Å². The van der Waals surface area contributed by atoms with Gasteiger partial charge in [-0.2, -0.15) is 0 Å². The van der Waals surface area contributed by atoms with E-state index in [0.29, 0.717) is 0 Å². The lowest BCUT2D eigenvalue weighted by Crippen LogP contribution is -3.29. The van der Waals surface area contributed by atoms with Crippen LogP contribution in [0.25, 0.3) is 0 Å². The van der Waals surface area contributed by atoms with Crippen LogP contribution >= 0.6 is 0 Å². The zero-order valence-corrected chi connectivity index (χ0v) is 12.8. The van der Waals surface area contributed by atoms with E-state index in [1.165, 1.54) is 50.3 Å². The van der Waals surface area contributed by atoms with Gasteiger partial charge in [-0.15, -0.1) is 0 Å². The predicted octanol–water partition coefficient (Wildman–Crippen LogP) is 0.331. The fourth-order valence-electron chi connectivity index (χ4n) is 3.06. The van der Waals surface area contributed by atoms with Crippen molar-refractivity contribution in [2.45, 2.75) is 46.2 Å². The quantitative estimate of drug-likeness (QED) is 0.757. The third kappa shape index (κ3) is 4.05. The average molecular weight is 262 g/mol. The SMILES string of the molecule is CCc1ccc(C[NH+]2CC[NH+]([C@@H](C)CC)CC2)cc1. The summed E-state index contributed by atoms with van der Waals surface area (Å²) in [4.78, 5) is 3.57. The van der Waals surface area contributed by atoms with Crippen LogP contribution in [0.2, 0.25) is 0 Å². The second-order valence-corrected chi connectivity index (χ2v) is 6.06. The number of piperazine rings is 1. The summed E-state index contributed by atoms with van der Waals surface area (Å²) in [5, 5.41) is 0. The Morgan fingerprint density at radius 1 is 0.947 bits per heavy atom. The van der Waals surface area contributed by atoms with Crippen LogP contribution in [-0.2, 0) is 13.0 Å². The van der Waals surface area contributed by atoms with Crippen LogP contribution in [-0.4, -0.2) is 32.2 Å². The first-order chi connectivity index (χ1) is 9.22. The fourth-order valence-corrected chi connectivity index (χ4v) is 3.06. The minimum absolute atomic E-state index is 0.838. The Morgan fingerprint density at radius 3 is 2.05 bits per heavy atom. The largest absolute Gasteiger partial charge is 0.323 e. The third-order valence-corrected chi connectivity index (χ3v) is 4.79. The van der Waals surface area contributed by atoms with Gasteiger partial charge in [0.15, 0.2) is 0 Å². The Balaban J connectivity index is 1.81. The van der Waals surface area contributed by atoms with E-state index in [-0.39, 0.29) is 0 Å². The highest BCUT2D eigenvalue weighted by Gasteiger charge is 2.25. The molecule has 19 heavy (non-hydrogen) atoms. The zero-order chi connectivity index (χ0) is 13.7. The maximum absolute atomic E-state index is 2.39. The second-order valence-electron chi connectivity index (χ2n) is 6.06. The van der Waals surface area contributed by atoms with Crippen molar-refractivity contribution in [3.8, 4) is 0 Å². The summed E-state index contributed by atoms with van der Waals surface area (Å²) < 4.78 is 0. The van der Waals surface area contributed by atoms with Crippen molar-refractivity contribution < 1.29 is 9.80 Å². The van der Waals surface area contributed by atoms with Crippen molar-refractivity contribution in [2.24, 2.45) is 0 Å². The molecule has 1 saturated heterocycles. The average Bonchev–Trinajstić information content (AvgIpc) is 2.48. The predicted molar refractivity (Wildman–Crippen MR) is 80.7 cm³/mol. The molecule has 0 bridgehead atoms. The minimum Gasteiger partial charge on any atom is -0.323 e. The Morgan fingerprint density at radius 2 is 1.53 bits per heavy atom. The number of benzene rings is 1. The van der Waals surface area contributed by atoms with Gasteiger partial charge in [0.05, 0.1) is 6.04 Å². The molecule has 1 aromatic rings. The Hall–Kier alpha value is -0.860. The number of hydrogen-bond acceptors (Lipinski definition) is 0. The second kappa shape index (κ2) is 7.06. The van der Waals surface area contributed by atoms with Gasteiger partial charge in [0, 0.05) is 5.56 Å². The topological polar surface area (TPSA) is 8.88 Å². The summed E-state index contributed by atoms with van der Waals surface area (Å²) in [7, 11) is 0. The molecule has 0 spiro atoms. The molecule has 1 aliphatic rings. The summed E-state index contributed by atoms with van der Waals surface area (Å²) in [5.41, 5.74) is 2.95. The summed E-state index contributed by atoms with van der Waals surface area (Å²) in [6.45, 7) is 13.5. The molecular weight excluding hydrogens is 232 g/mol. The van der Waals surface area contributed by atoms with Gasteiger partial charge in [-0.25, -0.2) is 0 Å². The number of aryl methyl sites for hydroxylation is 1. The van der Waals surface area contributed by atoms with Gasteiger partial charge >= 0.3 is 0 Å². The first kappa shape index (κ1) is 14.5. The van der Waals surface area contributed by atoms with Crippen LogP contribution in [0, 0.1) is 0 Å². The summed E-state index contributed by atoms with van der Waals surface area (Å²) in [5.74, 6) is 0. The van der Waals surface area contributed by atoms with Gasteiger partial charge in [0.1, 0.15) is 32.7 Å². The first-order valence-electron chi connectivity index (χ1n) is 7.98. The van der Waals surface area contributed by atoms with E-state index in [0.717, 1.165) is 12.5 Å². The van der Waals surface area contributed by atoms with E-state index in [4.69, 9.17) is 0 Å². The summed E-state index contributed by atoms with van der Waals surface area (Å²) >= 11 is 0. The van der Waals surface area contributed by atoms with E-state index in [1.54, 1.807) is 4.90 Å². The maximum atomic E-state index is 2.39. The molecular formula is C17H30N2+2. The molecule has 2 N–H and O–H groups in total. The van der Waals surface area contributed by atoms with Gasteiger partial charge in [-0.3, -0.25) is 0 Å². The highest BCUT2D eigenvalue weighted by atomic mass is 15.3.